The summed E-state index contributed by atoms with van der Waals surface area (Å²) in [6.07, 6.45) is 2.71. The van der Waals surface area contributed by atoms with E-state index < -0.39 is 0 Å². The van der Waals surface area contributed by atoms with Crippen molar-refractivity contribution in [2.24, 2.45) is 5.10 Å². The first-order valence-electron chi connectivity index (χ1n) is 9.30. The highest BCUT2D eigenvalue weighted by Gasteiger charge is 2.12. The fourth-order valence-corrected chi connectivity index (χ4v) is 2.94. The molecular formula is C21H20N6OS. The van der Waals surface area contributed by atoms with Crippen LogP contribution in [0.15, 0.2) is 65.8 Å². The first kappa shape index (κ1) is 18.8. The largest absolute Gasteiger partial charge is 0.494 e. The second-order valence-corrected chi connectivity index (χ2v) is 6.75. The van der Waals surface area contributed by atoms with Gasteiger partial charge >= 0.3 is 0 Å². The molecule has 7 nitrogen and oxygen atoms in total. The lowest BCUT2D eigenvalue weighted by Crippen LogP contribution is -1.96. The number of benzene rings is 2. The van der Waals surface area contributed by atoms with Crippen LogP contribution in [0.25, 0.3) is 22.8 Å². The molecule has 29 heavy (non-hydrogen) atoms. The number of aromatic nitrogens is 5. The van der Waals surface area contributed by atoms with Crippen molar-refractivity contribution in [2.45, 2.75) is 13.3 Å². The van der Waals surface area contributed by atoms with Crippen molar-refractivity contribution in [1.82, 2.24) is 25.1 Å². The topological polar surface area (TPSA) is 83.9 Å². The maximum Gasteiger partial charge on any atom is 0.216 e. The lowest BCUT2D eigenvalue weighted by atomic mass is 10.1. The molecule has 0 fully saturated rings. The second-order valence-electron chi connectivity index (χ2n) is 6.36. The van der Waals surface area contributed by atoms with E-state index in [2.05, 4.69) is 32.4 Å². The third-order valence-electron chi connectivity index (χ3n) is 4.21. The molecule has 2 heterocycles. The highest BCUT2D eigenvalue weighted by Crippen LogP contribution is 2.22. The zero-order chi connectivity index (χ0) is 20.1. The summed E-state index contributed by atoms with van der Waals surface area (Å²) in [5, 5.41) is 19.0. The summed E-state index contributed by atoms with van der Waals surface area (Å²) >= 11 is 5.33. The summed E-state index contributed by atoms with van der Waals surface area (Å²) in [5.74, 6) is 1.40. The minimum Gasteiger partial charge on any atom is -0.494 e. The SMILES string of the molecule is CCCOc1ccc(/C=N\n2c(-c3cc(-c4ccccc4)n[nH]3)n[nH]c2=S)cc1. The van der Waals surface area contributed by atoms with Crippen LogP contribution in [-0.2, 0) is 0 Å². The predicted molar refractivity (Wildman–Crippen MR) is 116 cm³/mol. The number of H-pyrrole nitrogens is 2. The Morgan fingerprint density at radius 3 is 2.62 bits per heavy atom. The Hall–Kier alpha value is -3.52. The quantitative estimate of drug-likeness (QED) is 0.346. The van der Waals surface area contributed by atoms with Gasteiger partial charge in [-0.25, -0.2) is 5.10 Å². The second kappa shape index (κ2) is 8.66. The van der Waals surface area contributed by atoms with Crippen molar-refractivity contribution in [3.63, 3.8) is 0 Å². The predicted octanol–water partition coefficient (Wildman–Crippen LogP) is 4.67. The summed E-state index contributed by atoms with van der Waals surface area (Å²) in [4.78, 5) is 0. The van der Waals surface area contributed by atoms with Crippen molar-refractivity contribution >= 4 is 18.4 Å². The van der Waals surface area contributed by atoms with E-state index in [0.29, 0.717) is 17.2 Å². The maximum atomic E-state index is 5.60. The maximum absolute atomic E-state index is 5.60. The van der Waals surface area contributed by atoms with E-state index in [4.69, 9.17) is 17.0 Å². The Balaban J connectivity index is 1.57. The molecule has 0 spiro atoms. The van der Waals surface area contributed by atoms with Gasteiger partial charge in [0.05, 0.1) is 18.5 Å². The Labute approximate surface area is 173 Å². The summed E-state index contributed by atoms with van der Waals surface area (Å²) < 4.78 is 7.57. The Kier molecular flexibility index (Phi) is 5.62. The molecule has 8 heteroatoms. The zero-order valence-corrected chi connectivity index (χ0v) is 16.7. The molecule has 0 saturated heterocycles. The molecule has 4 aromatic rings. The molecule has 0 radical (unpaired) electrons. The van der Waals surface area contributed by atoms with E-state index >= 15 is 0 Å². The number of nitrogens with zero attached hydrogens (tertiary/aromatic N) is 4. The molecule has 0 amide bonds. The number of rotatable bonds is 7. The normalized spacial score (nSPS) is 11.2. The summed E-state index contributed by atoms with van der Waals surface area (Å²) in [6.45, 7) is 2.78. The molecule has 0 bridgehead atoms. The monoisotopic (exact) mass is 404 g/mol. The van der Waals surface area contributed by atoms with E-state index in [1.54, 1.807) is 10.9 Å². The van der Waals surface area contributed by atoms with E-state index in [1.807, 2.05) is 60.7 Å². The first-order valence-corrected chi connectivity index (χ1v) is 9.71. The van der Waals surface area contributed by atoms with E-state index in [0.717, 1.165) is 34.7 Å². The number of nitrogens with one attached hydrogen (secondary N) is 2. The van der Waals surface area contributed by atoms with Crippen molar-refractivity contribution < 1.29 is 4.74 Å². The fourth-order valence-electron chi connectivity index (χ4n) is 2.76. The molecule has 2 aromatic carbocycles. The van der Waals surface area contributed by atoms with Gasteiger partial charge in [0.2, 0.25) is 10.6 Å². The Morgan fingerprint density at radius 2 is 1.86 bits per heavy atom. The third kappa shape index (κ3) is 4.33. The van der Waals surface area contributed by atoms with Crippen LogP contribution in [0.2, 0.25) is 0 Å². The van der Waals surface area contributed by atoms with Crippen molar-refractivity contribution in [3.05, 3.63) is 71.0 Å². The van der Waals surface area contributed by atoms with Gasteiger partial charge in [-0.15, -0.1) is 0 Å². The van der Waals surface area contributed by atoms with Gasteiger partial charge < -0.3 is 4.74 Å². The van der Waals surface area contributed by atoms with Gasteiger partial charge in [0.15, 0.2) is 0 Å². The van der Waals surface area contributed by atoms with Crippen LogP contribution in [0.1, 0.15) is 18.9 Å². The van der Waals surface area contributed by atoms with E-state index in [-0.39, 0.29) is 0 Å². The van der Waals surface area contributed by atoms with Gasteiger partial charge in [0, 0.05) is 5.56 Å². The van der Waals surface area contributed by atoms with Crippen LogP contribution in [0.3, 0.4) is 0 Å². The van der Waals surface area contributed by atoms with Crippen LogP contribution in [0.4, 0.5) is 0 Å². The Morgan fingerprint density at radius 1 is 1.07 bits per heavy atom. The van der Waals surface area contributed by atoms with Crippen LogP contribution in [0.5, 0.6) is 5.75 Å². The highest BCUT2D eigenvalue weighted by molar-refractivity contribution is 7.71. The number of ether oxygens (including phenoxy) is 1. The summed E-state index contributed by atoms with van der Waals surface area (Å²) in [6, 6.07) is 19.6. The lowest BCUT2D eigenvalue weighted by molar-refractivity contribution is 0.317. The average Bonchev–Trinajstić information content (AvgIpc) is 3.39. The van der Waals surface area contributed by atoms with Gasteiger partial charge in [-0.1, -0.05) is 37.3 Å². The molecule has 2 aromatic heterocycles. The van der Waals surface area contributed by atoms with Gasteiger partial charge in [0.25, 0.3) is 0 Å². The smallest absolute Gasteiger partial charge is 0.216 e. The van der Waals surface area contributed by atoms with E-state index in [9.17, 15) is 0 Å². The number of aromatic amines is 2. The molecule has 0 aliphatic carbocycles. The Bertz CT molecular complexity index is 1160. The van der Waals surface area contributed by atoms with E-state index in [1.165, 1.54) is 0 Å². The van der Waals surface area contributed by atoms with Crippen LogP contribution in [-0.4, -0.2) is 37.9 Å². The minimum absolute atomic E-state index is 0.398. The highest BCUT2D eigenvalue weighted by atomic mass is 32.1. The fraction of sp³-hybridized carbons (Fsp3) is 0.143. The van der Waals surface area contributed by atoms with Crippen LogP contribution < -0.4 is 4.74 Å². The molecule has 146 valence electrons. The number of hydrogen-bond donors (Lipinski definition) is 2. The molecule has 0 unspecified atom stereocenters. The molecule has 4 rings (SSSR count). The van der Waals surface area contributed by atoms with Gasteiger partial charge in [-0.05, 0) is 54.5 Å². The molecule has 0 atom stereocenters. The summed E-state index contributed by atoms with van der Waals surface area (Å²) in [5.41, 5.74) is 3.49. The third-order valence-corrected chi connectivity index (χ3v) is 4.48. The molecule has 0 saturated carbocycles. The van der Waals surface area contributed by atoms with Crippen molar-refractivity contribution in [1.29, 1.82) is 0 Å². The van der Waals surface area contributed by atoms with Gasteiger partial charge in [-0.2, -0.15) is 20.0 Å². The van der Waals surface area contributed by atoms with Gasteiger partial charge in [-0.3, -0.25) is 5.10 Å². The molecule has 2 N–H and O–H groups in total. The lowest BCUT2D eigenvalue weighted by Gasteiger charge is -2.04. The molecule has 0 aliphatic rings. The van der Waals surface area contributed by atoms with Crippen molar-refractivity contribution in [2.75, 3.05) is 6.61 Å². The van der Waals surface area contributed by atoms with Crippen molar-refractivity contribution in [3.8, 4) is 28.5 Å². The van der Waals surface area contributed by atoms with Crippen LogP contribution in [0, 0.1) is 4.77 Å². The zero-order valence-electron chi connectivity index (χ0n) is 15.9. The standard InChI is InChI=1S/C21H20N6OS/c1-2-12-28-17-10-8-15(9-11-17)14-22-27-20(25-26-21(27)29)19-13-18(23-24-19)16-6-4-3-5-7-16/h3-11,13-14H,2,12H2,1H3,(H,23,24)(H,26,29)/b22-14-. The first-order chi connectivity index (χ1) is 14.2. The van der Waals surface area contributed by atoms with Crippen LogP contribution >= 0.6 is 12.2 Å². The molecule has 0 aliphatic heterocycles. The minimum atomic E-state index is 0.398. The average molecular weight is 404 g/mol. The van der Waals surface area contributed by atoms with Gasteiger partial charge in [0.1, 0.15) is 11.4 Å². The number of hydrogen-bond acceptors (Lipinski definition) is 5. The summed E-state index contributed by atoms with van der Waals surface area (Å²) in [7, 11) is 0. The molecular weight excluding hydrogens is 384 g/mol.